The number of benzene rings is 1. The zero-order valence-electron chi connectivity index (χ0n) is 14.0. The standard InChI is InChI=1S/C16H24BrN3O3/c1-11(2)19-15(21)8-18-16(22)10-20(3)9-12-7-13(17)5-6-14(12)23-4/h5-7,11H,8-10H2,1-4H3,(H,18,22)(H,19,21). The van der Waals surface area contributed by atoms with E-state index in [-0.39, 0.29) is 30.9 Å². The number of nitrogens with zero attached hydrogens (tertiary/aromatic N) is 1. The average Bonchev–Trinajstić information content (AvgIpc) is 2.44. The van der Waals surface area contributed by atoms with Gasteiger partial charge in [-0.2, -0.15) is 0 Å². The summed E-state index contributed by atoms with van der Waals surface area (Å²) in [4.78, 5) is 25.2. The van der Waals surface area contributed by atoms with E-state index in [9.17, 15) is 9.59 Å². The van der Waals surface area contributed by atoms with Crippen LogP contribution in [0.3, 0.4) is 0 Å². The highest BCUT2D eigenvalue weighted by atomic mass is 79.9. The van der Waals surface area contributed by atoms with Gasteiger partial charge in [0.2, 0.25) is 11.8 Å². The molecule has 7 heteroatoms. The SMILES string of the molecule is COc1ccc(Br)cc1CN(C)CC(=O)NCC(=O)NC(C)C. The van der Waals surface area contributed by atoms with Crippen LogP contribution in [0.15, 0.2) is 22.7 Å². The summed E-state index contributed by atoms with van der Waals surface area (Å²) < 4.78 is 6.28. The first-order valence-electron chi connectivity index (χ1n) is 7.38. The van der Waals surface area contributed by atoms with E-state index in [1.54, 1.807) is 7.11 Å². The molecule has 0 aliphatic rings. The molecule has 0 aliphatic heterocycles. The molecular formula is C16H24BrN3O3. The maximum atomic E-state index is 11.9. The molecule has 2 amide bonds. The molecule has 23 heavy (non-hydrogen) atoms. The lowest BCUT2D eigenvalue weighted by atomic mass is 10.2. The van der Waals surface area contributed by atoms with Gasteiger partial charge in [0, 0.05) is 22.6 Å². The Morgan fingerprint density at radius 1 is 1.30 bits per heavy atom. The first-order chi connectivity index (χ1) is 10.8. The number of amides is 2. The van der Waals surface area contributed by atoms with E-state index < -0.39 is 0 Å². The van der Waals surface area contributed by atoms with E-state index in [1.165, 1.54) is 0 Å². The molecule has 1 aromatic carbocycles. The fourth-order valence-corrected chi connectivity index (χ4v) is 2.48. The molecule has 0 radical (unpaired) electrons. The van der Waals surface area contributed by atoms with Gasteiger partial charge in [0.05, 0.1) is 20.2 Å². The summed E-state index contributed by atoms with van der Waals surface area (Å²) in [5.74, 6) is 0.391. The molecule has 0 bridgehead atoms. The quantitative estimate of drug-likeness (QED) is 0.711. The van der Waals surface area contributed by atoms with E-state index in [4.69, 9.17) is 4.74 Å². The molecule has 0 atom stereocenters. The van der Waals surface area contributed by atoms with Crippen LogP contribution >= 0.6 is 15.9 Å². The Bertz CT molecular complexity index is 549. The Morgan fingerprint density at radius 3 is 2.61 bits per heavy atom. The van der Waals surface area contributed by atoms with Gasteiger partial charge in [-0.3, -0.25) is 14.5 Å². The molecule has 1 rings (SSSR count). The van der Waals surface area contributed by atoms with Crippen LogP contribution in [0.4, 0.5) is 0 Å². The largest absolute Gasteiger partial charge is 0.496 e. The van der Waals surface area contributed by atoms with Gasteiger partial charge < -0.3 is 15.4 Å². The lowest BCUT2D eigenvalue weighted by molar-refractivity contribution is -0.126. The number of rotatable bonds is 8. The van der Waals surface area contributed by atoms with Crippen molar-refractivity contribution in [2.75, 3.05) is 27.2 Å². The van der Waals surface area contributed by atoms with Crippen LogP contribution in [0.25, 0.3) is 0 Å². The van der Waals surface area contributed by atoms with E-state index in [1.807, 2.05) is 44.0 Å². The molecule has 6 nitrogen and oxygen atoms in total. The van der Waals surface area contributed by atoms with Gasteiger partial charge in [-0.25, -0.2) is 0 Å². The van der Waals surface area contributed by atoms with Gasteiger partial charge in [-0.1, -0.05) is 15.9 Å². The third-order valence-corrected chi connectivity index (χ3v) is 3.49. The lowest BCUT2D eigenvalue weighted by Crippen LogP contribution is -2.42. The monoisotopic (exact) mass is 385 g/mol. The summed E-state index contributed by atoms with van der Waals surface area (Å²) in [6.45, 7) is 4.50. The summed E-state index contributed by atoms with van der Waals surface area (Å²) in [6, 6.07) is 5.81. The number of likely N-dealkylation sites (N-methyl/N-ethyl adjacent to an activating group) is 1. The number of hydrogen-bond acceptors (Lipinski definition) is 4. The highest BCUT2D eigenvalue weighted by Crippen LogP contribution is 2.23. The summed E-state index contributed by atoms with van der Waals surface area (Å²) in [7, 11) is 3.46. The summed E-state index contributed by atoms with van der Waals surface area (Å²) in [5.41, 5.74) is 0.981. The molecule has 0 heterocycles. The number of halogens is 1. The highest BCUT2D eigenvalue weighted by molar-refractivity contribution is 9.10. The molecule has 2 N–H and O–H groups in total. The molecule has 0 saturated carbocycles. The predicted octanol–water partition coefficient (Wildman–Crippen LogP) is 1.53. The molecule has 1 aromatic rings. The van der Waals surface area contributed by atoms with Gasteiger partial charge in [-0.15, -0.1) is 0 Å². The molecular weight excluding hydrogens is 362 g/mol. The van der Waals surface area contributed by atoms with Gasteiger partial charge >= 0.3 is 0 Å². The summed E-state index contributed by atoms with van der Waals surface area (Å²) >= 11 is 3.43. The second-order valence-electron chi connectivity index (χ2n) is 5.63. The van der Waals surface area contributed by atoms with Crippen molar-refractivity contribution >= 4 is 27.7 Å². The topological polar surface area (TPSA) is 70.7 Å². The third-order valence-electron chi connectivity index (χ3n) is 2.99. The first kappa shape index (κ1) is 19.4. The maximum absolute atomic E-state index is 11.9. The van der Waals surface area contributed by atoms with Crippen molar-refractivity contribution in [3.8, 4) is 5.75 Å². The zero-order chi connectivity index (χ0) is 17.4. The number of carbonyl (C=O) groups is 2. The van der Waals surface area contributed by atoms with Crippen LogP contribution in [0, 0.1) is 0 Å². The molecule has 0 saturated heterocycles. The van der Waals surface area contributed by atoms with E-state index in [2.05, 4.69) is 26.6 Å². The maximum Gasteiger partial charge on any atom is 0.239 e. The predicted molar refractivity (Wildman–Crippen MR) is 93.3 cm³/mol. The van der Waals surface area contributed by atoms with Crippen LogP contribution in [0.5, 0.6) is 5.75 Å². The number of ether oxygens (including phenoxy) is 1. The minimum absolute atomic E-state index is 0.00887. The normalized spacial score (nSPS) is 10.7. The minimum Gasteiger partial charge on any atom is -0.496 e. The molecule has 0 aliphatic carbocycles. The number of carbonyl (C=O) groups excluding carboxylic acids is 2. The fraction of sp³-hybridized carbons (Fsp3) is 0.500. The summed E-state index contributed by atoms with van der Waals surface area (Å²) in [6.07, 6.45) is 0. The van der Waals surface area contributed by atoms with Crippen molar-refractivity contribution in [1.82, 2.24) is 15.5 Å². The third kappa shape index (κ3) is 7.47. The lowest BCUT2D eigenvalue weighted by Gasteiger charge is -2.18. The Balaban J connectivity index is 2.47. The van der Waals surface area contributed by atoms with Crippen molar-refractivity contribution in [3.05, 3.63) is 28.2 Å². The smallest absolute Gasteiger partial charge is 0.239 e. The van der Waals surface area contributed by atoms with Crippen molar-refractivity contribution in [3.63, 3.8) is 0 Å². The van der Waals surface area contributed by atoms with Crippen molar-refractivity contribution in [2.24, 2.45) is 0 Å². The van der Waals surface area contributed by atoms with Crippen LogP contribution in [-0.4, -0.2) is 50.0 Å². The number of nitrogens with one attached hydrogen (secondary N) is 2. The van der Waals surface area contributed by atoms with Gasteiger partial charge in [0.15, 0.2) is 0 Å². The zero-order valence-corrected chi connectivity index (χ0v) is 15.6. The Hall–Kier alpha value is -1.60. The second kappa shape index (κ2) is 9.52. The molecule has 0 fully saturated rings. The fourth-order valence-electron chi connectivity index (χ4n) is 2.07. The van der Waals surface area contributed by atoms with Gasteiger partial charge in [-0.05, 0) is 39.1 Å². The average molecular weight is 386 g/mol. The van der Waals surface area contributed by atoms with Crippen LogP contribution in [-0.2, 0) is 16.1 Å². The van der Waals surface area contributed by atoms with Crippen LogP contribution < -0.4 is 15.4 Å². The van der Waals surface area contributed by atoms with Crippen molar-refractivity contribution in [1.29, 1.82) is 0 Å². The van der Waals surface area contributed by atoms with Crippen molar-refractivity contribution in [2.45, 2.75) is 26.4 Å². The Labute approximate surface area is 145 Å². The highest BCUT2D eigenvalue weighted by Gasteiger charge is 2.12. The van der Waals surface area contributed by atoms with Gasteiger partial charge in [0.1, 0.15) is 5.75 Å². The Kier molecular flexibility index (Phi) is 8.05. The van der Waals surface area contributed by atoms with E-state index in [0.29, 0.717) is 6.54 Å². The summed E-state index contributed by atoms with van der Waals surface area (Å²) in [5, 5.41) is 5.33. The number of methoxy groups -OCH3 is 1. The molecule has 0 aromatic heterocycles. The van der Waals surface area contributed by atoms with Crippen LogP contribution in [0.2, 0.25) is 0 Å². The van der Waals surface area contributed by atoms with Crippen molar-refractivity contribution < 1.29 is 14.3 Å². The van der Waals surface area contributed by atoms with Crippen LogP contribution in [0.1, 0.15) is 19.4 Å². The molecule has 128 valence electrons. The van der Waals surface area contributed by atoms with Gasteiger partial charge in [0.25, 0.3) is 0 Å². The Morgan fingerprint density at radius 2 is 2.00 bits per heavy atom. The molecule has 0 unspecified atom stereocenters. The minimum atomic E-state index is -0.194. The second-order valence-corrected chi connectivity index (χ2v) is 6.54. The first-order valence-corrected chi connectivity index (χ1v) is 8.18. The molecule has 0 spiro atoms. The number of hydrogen-bond donors (Lipinski definition) is 2. The van der Waals surface area contributed by atoms with E-state index >= 15 is 0 Å². The van der Waals surface area contributed by atoms with E-state index in [0.717, 1.165) is 15.8 Å².